The number of hydrogen-bond donors (Lipinski definition) is 0. The molecule has 0 unspecified atom stereocenters. The number of methoxy groups -OCH3 is 1. The summed E-state index contributed by atoms with van der Waals surface area (Å²) >= 11 is 0. The van der Waals surface area contributed by atoms with Gasteiger partial charge in [-0.1, -0.05) is 43.3 Å². The van der Waals surface area contributed by atoms with Crippen molar-refractivity contribution in [3.05, 3.63) is 72.3 Å². The predicted molar refractivity (Wildman–Crippen MR) is 110 cm³/mol. The lowest BCUT2D eigenvalue weighted by molar-refractivity contribution is -0.139. The van der Waals surface area contributed by atoms with E-state index < -0.39 is 5.97 Å². The summed E-state index contributed by atoms with van der Waals surface area (Å²) in [6.07, 6.45) is 5.53. The maximum Gasteiger partial charge on any atom is 0.331 e. The van der Waals surface area contributed by atoms with Crippen LogP contribution in [0.2, 0.25) is 0 Å². The van der Waals surface area contributed by atoms with Crippen molar-refractivity contribution in [3.8, 4) is 22.8 Å². The fraction of sp³-hybridized carbons (Fsp3) is 0.217. The molecule has 0 aliphatic heterocycles. The number of oxazole rings is 1. The summed E-state index contributed by atoms with van der Waals surface area (Å²) in [6, 6.07) is 15.1. The molecule has 6 heteroatoms. The zero-order chi connectivity index (χ0) is 20.5. The van der Waals surface area contributed by atoms with E-state index in [9.17, 15) is 4.79 Å². The summed E-state index contributed by atoms with van der Waals surface area (Å²) in [6.45, 7) is 2.61. The Morgan fingerprint density at radius 3 is 2.72 bits per heavy atom. The van der Waals surface area contributed by atoms with Gasteiger partial charge < -0.3 is 18.6 Å². The highest BCUT2D eigenvalue weighted by Gasteiger charge is 2.08. The van der Waals surface area contributed by atoms with Crippen molar-refractivity contribution in [1.29, 1.82) is 0 Å². The lowest BCUT2D eigenvalue weighted by atomic mass is 10.2. The molecule has 0 bridgehead atoms. The second kappa shape index (κ2) is 10.1. The van der Waals surface area contributed by atoms with Crippen LogP contribution < -0.4 is 9.47 Å². The van der Waals surface area contributed by atoms with Gasteiger partial charge in [0.25, 0.3) is 0 Å². The van der Waals surface area contributed by atoms with Crippen LogP contribution in [-0.2, 0) is 16.1 Å². The van der Waals surface area contributed by atoms with Crippen LogP contribution in [0.3, 0.4) is 0 Å². The smallest absolute Gasteiger partial charge is 0.331 e. The Bertz CT molecular complexity index is 962. The van der Waals surface area contributed by atoms with Gasteiger partial charge in [0, 0.05) is 11.6 Å². The molecule has 3 rings (SSSR count). The van der Waals surface area contributed by atoms with Crippen LogP contribution in [0.1, 0.15) is 24.8 Å². The van der Waals surface area contributed by atoms with E-state index in [-0.39, 0.29) is 6.61 Å². The molecule has 0 spiro atoms. The van der Waals surface area contributed by atoms with Gasteiger partial charge in [-0.05, 0) is 30.2 Å². The number of benzene rings is 2. The first kappa shape index (κ1) is 20.2. The summed E-state index contributed by atoms with van der Waals surface area (Å²) in [5.74, 6) is 1.76. The molecule has 0 N–H and O–H groups in total. The van der Waals surface area contributed by atoms with Crippen LogP contribution in [-0.4, -0.2) is 24.7 Å². The van der Waals surface area contributed by atoms with E-state index in [1.165, 1.54) is 6.08 Å². The van der Waals surface area contributed by atoms with Gasteiger partial charge in [0.05, 0.1) is 19.9 Å². The Kier molecular flexibility index (Phi) is 7.05. The Morgan fingerprint density at radius 2 is 1.97 bits per heavy atom. The van der Waals surface area contributed by atoms with Crippen molar-refractivity contribution in [3.63, 3.8) is 0 Å². The first-order chi connectivity index (χ1) is 14.2. The molecule has 0 aliphatic rings. The summed E-state index contributed by atoms with van der Waals surface area (Å²) in [7, 11) is 1.58. The summed E-state index contributed by atoms with van der Waals surface area (Å²) < 4.78 is 21.8. The van der Waals surface area contributed by atoms with Crippen LogP contribution in [0.5, 0.6) is 11.5 Å². The zero-order valence-electron chi connectivity index (χ0n) is 16.5. The highest BCUT2D eigenvalue weighted by atomic mass is 16.5. The summed E-state index contributed by atoms with van der Waals surface area (Å²) in [4.78, 5) is 16.1. The molecule has 1 aromatic heterocycles. The molecule has 0 fully saturated rings. The van der Waals surface area contributed by atoms with Gasteiger partial charge in [-0.2, -0.15) is 0 Å². The van der Waals surface area contributed by atoms with Crippen molar-refractivity contribution in [1.82, 2.24) is 4.98 Å². The first-order valence-corrected chi connectivity index (χ1v) is 9.35. The second-order valence-corrected chi connectivity index (χ2v) is 6.18. The highest BCUT2D eigenvalue weighted by molar-refractivity contribution is 5.87. The van der Waals surface area contributed by atoms with Gasteiger partial charge >= 0.3 is 5.97 Å². The van der Waals surface area contributed by atoms with Gasteiger partial charge in [0.15, 0.2) is 23.9 Å². The fourth-order valence-corrected chi connectivity index (χ4v) is 2.58. The molecule has 0 saturated heterocycles. The minimum Gasteiger partial charge on any atom is -0.493 e. The standard InChI is InChI=1S/C23H23NO5/c1-3-13-27-19-11-9-17(14-20(19)26-2)10-12-23(25)28-16-22-24-15-21(29-22)18-7-5-4-6-8-18/h4-12,14-15H,3,13,16H2,1-2H3/b12-10+. The van der Waals surface area contributed by atoms with Crippen LogP contribution in [0.15, 0.2) is 65.2 Å². The van der Waals surface area contributed by atoms with Crippen LogP contribution in [0, 0.1) is 0 Å². The van der Waals surface area contributed by atoms with E-state index in [0.29, 0.717) is 29.8 Å². The minimum absolute atomic E-state index is 0.0386. The molecular weight excluding hydrogens is 370 g/mol. The lowest BCUT2D eigenvalue weighted by Gasteiger charge is -2.10. The van der Waals surface area contributed by atoms with E-state index in [1.54, 1.807) is 25.4 Å². The highest BCUT2D eigenvalue weighted by Crippen LogP contribution is 2.28. The molecule has 3 aromatic rings. The SMILES string of the molecule is CCCOc1ccc(/C=C/C(=O)OCc2ncc(-c3ccccc3)o2)cc1OC. The molecule has 1 heterocycles. The second-order valence-electron chi connectivity index (χ2n) is 6.18. The number of nitrogens with zero attached hydrogens (tertiary/aromatic N) is 1. The van der Waals surface area contributed by atoms with E-state index in [2.05, 4.69) is 4.98 Å². The Labute approximate surface area is 169 Å². The van der Waals surface area contributed by atoms with E-state index in [1.807, 2.05) is 49.4 Å². The topological polar surface area (TPSA) is 70.8 Å². The normalized spacial score (nSPS) is 10.8. The molecular formula is C23H23NO5. The minimum atomic E-state index is -0.491. The molecule has 0 amide bonds. The Hall–Kier alpha value is -3.54. The maximum absolute atomic E-state index is 12.0. The lowest BCUT2D eigenvalue weighted by Crippen LogP contribution is -2.01. The number of carbonyl (C=O) groups excluding carboxylic acids is 1. The van der Waals surface area contributed by atoms with Crippen molar-refractivity contribution < 1.29 is 23.4 Å². The fourth-order valence-electron chi connectivity index (χ4n) is 2.58. The Morgan fingerprint density at radius 1 is 1.14 bits per heavy atom. The average Bonchev–Trinajstić information content (AvgIpc) is 3.24. The van der Waals surface area contributed by atoms with Crippen molar-refractivity contribution in [2.45, 2.75) is 20.0 Å². The third kappa shape index (κ3) is 5.72. The van der Waals surface area contributed by atoms with Gasteiger partial charge in [-0.25, -0.2) is 9.78 Å². The van der Waals surface area contributed by atoms with Crippen LogP contribution >= 0.6 is 0 Å². The van der Waals surface area contributed by atoms with E-state index in [4.69, 9.17) is 18.6 Å². The van der Waals surface area contributed by atoms with Crippen molar-refractivity contribution in [2.24, 2.45) is 0 Å². The molecule has 29 heavy (non-hydrogen) atoms. The quantitative estimate of drug-likeness (QED) is 0.381. The number of hydrogen-bond acceptors (Lipinski definition) is 6. The molecule has 0 aliphatic carbocycles. The van der Waals surface area contributed by atoms with Crippen LogP contribution in [0.4, 0.5) is 0 Å². The molecule has 6 nitrogen and oxygen atoms in total. The molecule has 0 atom stereocenters. The average molecular weight is 393 g/mol. The molecule has 0 radical (unpaired) electrons. The number of rotatable bonds is 9. The largest absolute Gasteiger partial charge is 0.493 e. The van der Waals surface area contributed by atoms with Gasteiger partial charge in [0.1, 0.15) is 0 Å². The molecule has 150 valence electrons. The third-order valence-corrected chi connectivity index (χ3v) is 4.01. The maximum atomic E-state index is 12.0. The monoisotopic (exact) mass is 393 g/mol. The van der Waals surface area contributed by atoms with E-state index >= 15 is 0 Å². The van der Waals surface area contributed by atoms with Crippen molar-refractivity contribution in [2.75, 3.05) is 13.7 Å². The van der Waals surface area contributed by atoms with Gasteiger partial charge in [-0.3, -0.25) is 0 Å². The van der Waals surface area contributed by atoms with E-state index in [0.717, 1.165) is 17.5 Å². The number of aromatic nitrogens is 1. The Balaban J connectivity index is 1.55. The number of ether oxygens (including phenoxy) is 3. The zero-order valence-corrected chi connectivity index (χ0v) is 16.5. The molecule has 2 aromatic carbocycles. The number of carbonyl (C=O) groups is 1. The molecule has 0 saturated carbocycles. The predicted octanol–water partition coefficient (Wildman–Crippen LogP) is 4.90. The van der Waals surface area contributed by atoms with Crippen molar-refractivity contribution >= 4 is 12.0 Å². The summed E-state index contributed by atoms with van der Waals surface area (Å²) in [5, 5.41) is 0. The summed E-state index contributed by atoms with van der Waals surface area (Å²) in [5.41, 5.74) is 1.71. The first-order valence-electron chi connectivity index (χ1n) is 9.35. The third-order valence-electron chi connectivity index (χ3n) is 4.01. The van der Waals surface area contributed by atoms with Gasteiger partial charge in [-0.15, -0.1) is 0 Å². The van der Waals surface area contributed by atoms with Gasteiger partial charge in [0.2, 0.25) is 5.89 Å². The van der Waals surface area contributed by atoms with Crippen LogP contribution in [0.25, 0.3) is 17.4 Å². The number of esters is 1.